The fraction of sp³-hybridized carbons (Fsp3) is 0.833. The number of thioether (sulfide) groups is 1. The molecule has 1 aliphatic heterocycles. The van der Waals surface area contributed by atoms with Crippen molar-refractivity contribution in [1.29, 1.82) is 0 Å². The molecule has 2 aliphatic rings. The van der Waals surface area contributed by atoms with E-state index in [0.717, 1.165) is 17.5 Å². The number of nitrogens with zero attached hydrogens (tertiary/aromatic N) is 4. The van der Waals surface area contributed by atoms with Crippen molar-refractivity contribution in [2.24, 2.45) is 0 Å². The van der Waals surface area contributed by atoms with Gasteiger partial charge >= 0.3 is 0 Å². The van der Waals surface area contributed by atoms with Crippen molar-refractivity contribution in [2.75, 3.05) is 18.8 Å². The maximum absolute atomic E-state index is 12.0. The number of fused-ring (bicyclic) bond motifs is 1. The number of H-pyrrole nitrogens is 1. The molecular weight excluding hydrogens is 276 g/mol. The lowest BCUT2D eigenvalue weighted by Gasteiger charge is -2.43. The number of carbonyl (C=O) groups is 1. The maximum atomic E-state index is 12.0. The van der Waals surface area contributed by atoms with Crippen LogP contribution < -0.4 is 5.32 Å². The van der Waals surface area contributed by atoms with Crippen LogP contribution in [-0.2, 0) is 11.3 Å². The van der Waals surface area contributed by atoms with E-state index in [0.29, 0.717) is 25.0 Å². The Kier molecular flexibility index (Phi) is 4.51. The van der Waals surface area contributed by atoms with Gasteiger partial charge in [-0.25, -0.2) is 0 Å². The SMILES string of the molecule is O=C(CN1CCSC2CCCCC21)NCc1nn[nH]n1. The molecule has 3 rings (SSSR count). The van der Waals surface area contributed by atoms with Crippen LogP contribution in [-0.4, -0.2) is 61.6 Å². The predicted octanol–water partition coefficient (Wildman–Crippen LogP) is 0.176. The number of aromatic amines is 1. The Bertz CT molecular complexity index is 437. The van der Waals surface area contributed by atoms with E-state index < -0.39 is 0 Å². The summed E-state index contributed by atoms with van der Waals surface area (Å²) in [5, 5.41) is 17.1. The van der Waals surface area contributed by atoms with E-state index in [2.05, 4.69) is 42.6 Å². The molecule has 1 saturated heterocycles. The van der Waals surface area contributed by atoms with E-state index in [1.165, 1.54) is 25.7 Å². The Labute approximate surface area is 122 Å². The highest BCUT2D eigenvalue weighted by molar-refractivity contribution is 8.00. The van der Waals surface area contributed by atoms with Crippen molar-refractivity contribution < 1.29 is 4.79 Å². The average Bonchev–Trinajstić information content (AvgIpc) is 2.99. The summed E-state index contributed by atoms with van der Waals surface area (Å²) in [7, 11) is 0. The van der Waals surface area contributed by atoms with Crippen LogP contribution in [0, 0.1) is 0 Å². The molecule has 0 spiro atoms. The third kappa shape index (κ3) is 3.29. The maximum Gasteiger partial charge on any atom is 0.234 e. The second-order valence-electron chi connectivity index (χ2n) is 5.34. The van der Waals surface area contributed by atoms with Gasteiger partial charge in [-0.2, -0.15) is 17.0 Å². The molecule has 20 heavy (non-hydrogen) atoms. The molecule has 1 saturated carbocycles. The molecule has 1 aromatic heterocycles. The van der Waals surface area contributed by atoms with Gasteiger partial charge in [0, 0.05) is 23.6 Å². The normalized spacial score (nSPS) is 27.0. The van der Waals surface area contributed by atoms with Crippen LogP contribution in [0.1, 0.15) is 31.5 Å². The van der Waals surface area contributed by atoms with Crippen LogP contribution in [0.25, 0.3) is 0 Å². The van der Waals surface area contributed by atoms with Gasteiger partial charge in [-0.3, -0.25) is 9.69 Å². The monoisotopic (exact) mass is 296 g/mol. The Balaban J connectivity index is 1.49. The van der Waals surface area contributed by atoms with Gasteiger partial charge in [0.2, 0.25) is 5.91 Å². The number of tetrazole rings is 1. The minimum atomic E-state index is 0.0472. The average molecular weight is 296 g/mol. The molecule has 2 atom stereocenters. The standard InChI is InChI=1S/C12H20N6OS/c19-12(13-7-11-14-16-17-15-11)8-18-5-6-20-10-4-2-1-3-9(10)18/h9-10H,1-8H2,(H,13,19)(H,14,15,16,17). The highest BCUT2D eigenvalue weighted by Gasteiger charge is 2.34. The van der Waals surface area contributed by atoms with E-state index >= 15 is 0 Å². The van der Waals surface area contributed by atoms with E-state index in [1.54, 1.807) is 0 Å². The molecule has 110 valence electrons. The molecule has 1 aromatic rings. The molecule has 0 bridgehead atoms. The third-order valence-corrected chi connectivity index (χ3v) is 5.42. The molecule has 1 aliphatic carbocycles. The second kappa shape index (κ2) is 6.53. The largest absolute Gasteiger partial charge is 0.348 e. The molecule has 1 amide bonds. The first-order chi connectivity index (χ1) is 9.83. The summed E-state index contributed by atoms with van der Waals surface area (Å²) in [6, 6.07) is 0.582. The summed E-state index contributed by atoms with van der Waals surface area (Å²) in [5.74, 6) is 1.70. The first-order valence-electron chi connectivity index (χ1n) is 7.17. The molecule has 8 heteroatoms. The van der Waals surface area contributed by atoms with Gasteiger partial charge in [0.25, 0.3) is 0 Å². The molecule has 0 aromatic carbocycles. The highest BCUT2D eigenvalue weighted by Crippen LogP contribution is 2.35. The molecule has 7 nitrogen and oxygen atoms in total. The van der Waals surface area contributed by atoms with E-state index in [4.69, 9.17) is 0 Å². The smallest absolute Gasteiger partial charge is 0.234 e. The van der Waals surface area contributed by atoms with Gasteiger partial charge in [-0.05, 0) is 12.8 Å². The molecule has 2 unspecified atom stereocenters. The number of aromatic nitrogens is 4. The van der Waals surface area contributed by atoms with Crippen LogP contribution in [0.5, 0.6) is 0 Å². The first kappa shape index (κ1) is 13.8. The molecular formula is C12H20N6OS. The third-order valence-electron chi connectivity index (χ3n) is 4.03. The predicted molar refractivity (Wildman–Crippen MR) is 76.1 cm³/mol. The van der Waals surface area contributed by atoms with Crippen LogP contribution in [0.3, 0.4) is 0 Å². The minimum absolute atomic E-state index is 0.0472. The topological polar surface area (TPSA) is 86.8 Å². The van der Waals surface area contributed by atoms with Crippen LogP contribution in [0.4, 0.5) is 0 Å². The summed E-state index contributed by atoms with van der Waals surface area (Å²) >= 11 is 2.08. The Morgan fingerprint density at radius 1 is 1.45 bits per heavy atom. The lowest BCUT2D eigenvalue weighted by atomic mass is 9.93. The van der Waals surface area contributed by atoms with Gasteiger partial charge in [-0.1, -0.05) is 18.1 Å². The van der Waals surface area contributed by atoms with Crippen molar-refractivity contribution in [3.8, 4) is 0 Å². The minimum Gasteiger partial charge on any atom is -0.348 e. The lowest BCUT2D eigenvalue weighted by Crippen LogP contribution is -2.52. The van der Waals surface area contributed by atoms with Crippen LogP contribution >= 0.6 is 11.8 Å². The summed E-state index contributed by atoms with van der Waals surface area (Å²) in [6.45, 7) is 1.84. The lowest BCUT2D eigenvalue weighted by molar-refractivity contribution is -0.123. The van der Waals surface area contributed by atoms with E-state index in [9.17, 15) is 4.79 Å². The number of nitrogens with one attached hydrogen (secondary N) is 2. The quantitative estimate of drug-likeness (QED) is 0.824. The fourth-order valence-electron chi connectivity index (χ4n) is 3.05. The number of amides is 1. The molecule has 2 fully saturated rings. The number of hydrogen-bond acceptors (Lipinski definition) is 6. The van der Waals surface area contributed by atoms with E-state index in [-0.39, 0.29) is 5.91 Å². The summed E-state index contributed by atoms with van der Waals surface area (Å²) in [6.07, 6.45) is 5.17. The van der Waals surface area contributed by atoms with Crippen LogP contribution in [0.15, 0.2) is 0 Å². The van der Waals surface area contributed by atoms with Gasteiger partial charge in [0.15, 0.2) is 5.82 Å². The summed E-state index contributed by atoms with van der Waals surface area (Å²) in [5.41, 5.74) is 0. The molecule has 2 heterocycles. The van der Waals surface area contributed by atoms with Gasteiger partial charge in [0.05, 0.1) is 13.1 Å². The zero-order valence-electron chi connectivity index (χ0n) is 11.4. The molecule has 2 N–H and O–H groups in total. The summed E-state index contributed by atoms with van der Waals surface area (Å²) in [4.78, 5) is 14.4. The van der Waals surface area contributed by atoms with Crippen molar-refractivity contribution >= 4 is 17.7 Å². The first-order valence-corrected chi connectivity index (χ1v) is 8.22. The Morgan fingerprint density at radius 3 is 3.20 bits per heavy atom. The van der Waals surface area contributed by atoms with E-state index in [1.807, 2.05) is 0 Å². The molecule has 0 radical (unpaired) electrons. The van der Waals surface area contributed by atoms with Crippen LogP contribution in [0.2, 0.25) is 0 Å². The fourth-order valence-corrected chi connectivity index (χ4v) is 4.55. The summed E-state index contributed by atoms with van der Waals surface area (Å²) < 4.78 is 0. The number of hydrogen-bond donors (Lipinski definition) is 2. The zero-order valence-corrected chi connectivity index (χ0v) is 12.2. The van der Waals surface area contributed by atoms with Crippen molar-refractivity contribution in [2.45, 2.75) is 43.5 Å². The number of rotatable bonds is 4. The highest BCUT2D eigenvalue weighted by atomic mass is 32.2. The Morgan fingerprint density at radius 2 is 2.35 bits per heavy atom. The van der Waals surface area contributed by atoms with Crippen molar-refractivity contribution in [1.82, 2.24) is 30.8 Å². The van der Waals surface area contributed by atoms with Crippen molar-refractivity contribution in [3.05, 3.63) is 5.82 Å². The van der Waals surface area contributed by atoms with Gasteiger partial charge in [-0.15, -0.1) is 10.2 Å². The van der Waals surface area contributed by atoms with Crippen molar-refractivity contribution in [3.63, 3.8) is 0 Å². The van der Waals surface area contributed by atoms with Gasteiger partial charge in [0.1, 0.15) is 0 Å². The van der Waals surface area contributed by atoms with Gasteiger partial charge < -0.3 is 5.32 Å². The number of carbonyl (C=O) groups excluding carboxylic acids is 1. The zero-order chi connectivity index (χ0) is 13.8. The Hall–Kier alpha value is -1.15. The second-order valence-corrected chi connectivity index (χ2v) is 6.68.